The first kappa shape index (κ1) is 24.4. The van der Waals surface area contributed by atoms with Crippen LogP contribution in [0.5, 0.6) is 5.88 Å². The van der Waals surface area contributed by atoms with Crippen molar-refractivity contribution < 1.29 is 4.74 Å². The fraction of sp³-hybridized carbons (Fsp3) is 0.321. The van der Waals surface area contributed by atoms with E-state index in [0.717, 1.165) is 43.5 Å². The summed E-state index contributed by atoms with van der Waals surface area (Å²) in [5, 5.41) is 13.5. The number of H-pyrrole nitrogens is 1. The number of likely N-dealkylation sites (tertiary alicyclic amines) is 1. The van der Waals surface area contributed by atoms with E-state index >= 15 is 0 Å². The third-order valence-electron chi connectivity index (χ3n) is 6.94. The van der Waals surface area contributed by atoms with E-state index in [1.165, 1.54) is 24.4 Å². The Kier molecular flexibility index (Phi) is 7.10. The van der Waals surface area contributed by atoms with Gasteiger partial charge in [-0.2, -0.15) is 5.26 Å². The van der Waals surface area contributed by atoms with Crippen LogP contribution in [-0.2, 0) is 0 Å². The van der Waals surface area contributed by atoms with Crippen LogP contribution in [0.3, 0.4) is 0 Å². The number of benzene rings is 1. The van der Waals surface area contributed by atoms with Crippen molar-refractivity contribution in [3.63, 3.8) is 0 Å². The summed E-state index contributed by atoms with van der Waals surface area (Å²) in [6.45, 7) is 5.02. The Labute approximate surface area is 215 Å². The maximum atomic E-state index is 12.8. The van der Waals surface area contributed by atoms with Gasteiger partial charge in [-0.15, -0.1) is 0 Å². The molecule has 3 aromatic heterocycles. The van der Waals surface area contributed by atoms with E-state index in [4.69, 9.17) is 15.0 Å². The first-order chi connectivity index (χ1) is 18.1. The lowest BCUT2D eigenvalue weighted by Gasteiger charge is -2.32. The van der Waals surface area contributed by atoms with Crippen molar-refractivity contribution in [3.05, 3.63) is 70.4 Å². The van der Waals surface area contributed by atoms with Gasteiger partial charge in [-0.1, -0.05) is 6.07 Å². The van der Waals surface area contributed by atoms with Gasteiger partial charge in [-0.3, -0.25) is 9.78 Å². The van der Waals surface area contributed by atoms with Gasteiger partial charge in [0, 0.05) is 24.8 Å². The maximum absolute atomic E-state index is 12.8. The summed E-state index contributed by atoms with van der Waals surface area (Å²) in [4.78, 5) is 31.3. The topological polar surface area (TPSA) is 120 Å². The van der Waals surface area contributed by atoms with E-state index in [0.29, 0.717) is 40.8 Å². The maximum Gasteiger partial charge on any atom is 0.259 e. The molecule has 1 aliphatic heterocycles. The summed E-state index contributed by atoms with van der Waals surface area (Å²) in [6, 6.07) is 12.3. The summed E-state index contributed by atoms with van der Waals surface area (Å²) < 4.78 is 5.22. The summed E-state index contributed by atoms with van der Waals surface area (Å²) in [6.07, 6.45) is 7.54. The average Bonchev–Trinajstić information content (AvgIpc) is 2.92. The molecule has 0 aliphatic carbocycles. The van der Waals surface area contributed by atoms with Gasteiger partial charge in [0.2, 0.25) is 5.88 Å². The molecule has 37 heavy (non-hydrogen) atoms. The summed E-state index contributed by atoms with van der Waals surface area (Å²) in [5.41, 5.74) is 4.33. The number of nitrogens with one attached hydrogen (secondary N) is 2. The average molecular weight is 496 g/mol. The second-order valence-corrected chi connectivity index (χ2v) is 9.29. The van der Waals surface area contributed by atoms with Gasteiger partial charge in [0.25, 0.3) is 5.56 Å². The Morgan fingerprint density at radius 3 is 2.76 bits per heavy atom. The lowest BCUT2D eigenvalue weighted by molar-refractivity contribution is 0.216. The smallest absolute Gasteiger partial charge is 0.259 e. The molecule has 188 valence electrons. The molecule has 5 rings (SSSR count). The zero-order valence-corrected chi connectivity index (χ0v) is 21.0. The molecule has 0 radical (unpaired) electrons. The van der Waals surface area contributed by atoms with Crippen molar-refractivity contribution >= 4 is 22.3 Å². The van der Waals surface area contributed by atoms with Crippen molar-refractivity contribution in [1.82, 2.24) is 24.8 Å². The number of pyridine rings is 2. The van der Waals surface area contributed by atoms with Crippen molar-refractivity contribution in [1.29, 1.82) is 5.26 Å². The predicted octanol–water partition coefficient (Wildman–Crippen LogP) is 4.53. The number of rotatable bonds is 7. The highest BCUT2D eigenvalue weighted by atomic mass is 16.5. The van der Waals surface area contributed by atoms with Crippen LogP contribution in [-0.4, -0.2) is 51.6 Å². The number of hydrogen-bond donors (Lipinski definition) is 2. The number of piperidine rings is 1. The number of methoxy groups -OCH3 is 1. The monoisotopic (exact) mass is 495 g/mol. The molecular weight excluding hydrogens is 466 g/mol. The second kappa shape index (κ2) is 10.8. The molecule has 0 atom stereocenters. The second-order valence-electron chi connectivity index (χ2n) is 9.29. The molecule has 2 N–H and O–H groups in total. The summed E-state index contributed by atoms with van der Waals surface area (Å²) in [5.74, 6) is 1.35. The van der Waals surface area contributed by atoms with Crippen LogP contribution >= 0.6 is 0 Å². The zero-order chi connectivity index (χ0) is 25.8. The fourth-order valence-corrected chi connectivity index (χ4v) is 5.03. The van der Waals surface area contributed by atoms with Crippen LogP contribution < -0.4 is 15.6 Å². The molecule has 9 nitrogen and oxygen atoms in total. The minimum atomic E-state index is -0.215. The number of aromatic nitrogens is 4. The van der Waals surface area contributed by atoms with Crippen LogP contribution in [0.2, 0.25) is 0 Å². The van der Waals surface area contributed by atoms with Crippen molar-refractivity contribution in [2.75, 3.05) is 32.1 Å². The van der Waals surface area contributed by atoms with Crippen molar-refractivity contribution in [2.24, 2.45) is 0 Å². The van der Waals surface area contributed by atoms with Crippen molar-refractivity contribution in [2.45, 2.75) is 32.1 Å². The first-order valence-electron chi connectivity index (χ1n) is 12.4. The Morgan fingerprint density at radius 1 is 1.16 bits per heavy atom. The molecule has 4 heterocycles. The zero-order valence-electron chi connectivity index (χ0n) is 21.0. The van der Waals surface area contributed by atoms with Gasteiger partial charge >= 0.3 is 0 Å². The highest BCUT2D eigenvalue weighted by Crippen LogP contribution is 2.33. The molecule has 0 saturated carbocycles. The molecule has 1 fully saturated rings. The molecule has 9 heteroatoms. The van der Waals surface area contributed by atoms with Gasteiger partial charge in [0.05, 0.1) is 36.7 Å². The molecule has 1 saturated heterocycles. The van der Waals surface area contributed by atoms with Crippen LogP contribution in [0.25, 0.3) is 22.2 Å². The van der Waals surface area contributed by atoms with E-state index in [1.807, 2.05) is 18.2 Å². The number of ether oxygens (including phenoxy) is 1. The Bertz CT molecular complexity index is 1520. The molecule has 0 unspecified atom stereocenters. The van der Waals surface area contributed by atoms with Gasteiger partial charge in [0.1, 0.15) is 11.5 Å². The number of aromatic amines is 1. The summed E-state index contributed by atoms with van der Waals surface area (Å²) >= 11 is 0. The van der Waals surface area contributed by atoms with E-state index < -0.39 is 0 Å². The Hall–Kier alpha value is -4.29. The van der Waals surface area contributed by atoms with E-state index in [9.17, 15) is 4.79 Å². The number of nitrogens with zero attached hydrogens (tertiary/aromatic N) is 5. The highest BCUT2D eigenvalue weighted by Gasteiger charge is 2.22. The molecule has 4 aromatic rings. The molecular formula is C28H29N7O2. The van der Waals surface area contributed by atoms with E-state index in [-0.39, 0.29) is 5.56 Å². The normalized spacial score (nSPS) is 14.4. The number of fused-ring (bicyclic) bond motifs is 1. The SMILES string of the molecule is COc1cncc(-c2cc3cc[nH]c(=O)c3c(Nc3ccc(C4CCN(CCC#N)CC4)c(C)c3)n2)n1. The third-order valence-corrected chi connectivity index (χ3v) is 6.94. The number of anilines is 2. The molecule has 0 bridgehead atoms. The molecule has 1 aliphatic rings. The fourth-order valence-electron chi connectivity index (χ4n) is 5.03. The van der Waals surface area contributed by atoms with Gasteiger partial charge in [-0.05, 0) is 79.6 Å². The molecule has 1 aromatic carbocycles. The minimum absolute atomic E-state index is 0.215. The quantitative estimate of drug-likeness (QED) is 0.384. The number of hydrogen-bond acceptors (Lipinski definition) is 8. The molecule has 0 spiro atoms. The third kappa shape index (κ3) is 5.29. The lowest BCUT2D eigenvalue weighted by atomic mass is 9.86. The number of nitriles is 1. The molecule has 0 amide bonds. The largest absolute Gasteiger partial charge is 0.480 e. The number of aryl methyl sites for hydroxylation is 1. The summed E-state index contributed by atoms with van der Waals surface area (Å²) in [7, 11) is 1.54. The lowest BCUT2D eigenvalue weighted by Crippen LogP contribution is -2.33. The van der Waals surface area contributed by atoms with Crippen LogP contribution in [0.15, 0.2) is 53.7 Å². The van der Waals surface area contributed by atoms with Gasteiger partial charge in [0.15, 0.2) is 0 Å². The first-order valence-corrected chi connectivity index (χ1v) is 12.4. The van der Waals surface area contributed by atoms with E-state index in [1.54, 1.807) is 12.4 Å². The van der Waals surface area contributed by atoms with Crippen LogP contribution in [0, 0.1) is 18.3 Å². The van der Waals surface area contributed by atoms with E-state index in [2.05, 4.69) is 50.3 Å². The van der Waals surface area contributed by atoms with Crippen LogP contribution in [0.1, 0.15) is 36.3 Å². The minimum Gasteiger partial charge on any atom is -0.480 e. The van der Waals surface area contributed by atoms with Crippen LogP contribution in [0.4, 0.5) is 11.5 Å². The Balaban J connectivity index is 1.43. The highest BCUT2D eigenvalue weighted by molar-refractivity contribution is 5.94. The van der Waals surface area contributed by atoms with Gasteiger partial charge in [-0.25, -0.2) is 9.97 Å². The van der Waals surface area contributed by atoms with Gasteiger partial charge < -0.3 is 19.9 Å². The van der Waals surface area contributed by atoms with Crippen molar-refractivity contribution in [3.8, 4) is 23.3 Å². The standard InChI is InChI=1S/C28H29N7O2/c1-18-14-21(4-5-22(18)19-7-12-35(13-8-19)11-3-9-29)32-27-26-20(6-10-31-28(26)36)15-23(34-27)24-16-30-17-25(33-24)37-2/h4-6,10,14-17,19H,3,7-8,11-13H2,1-2H3,(H,31,36)(H,32,34). The Morgan fingerprint density at radius 2 is 2.00 bits per heavy atom. The predicted molar refractivity (Wildman–Crippen MR) is 143 cm³/mol.